The number of hydrogen-bond donors (Lipinski definition) is 1. The van der Waals surface area contributed by atoms with E-state index in [9.17, 15) is 10.1 Å². The van der Waals surface area contributed by atoms with Crippen LogP contribution in [0.4, 0.5) is 5.69 Å². The van der Waals surface area contributed by atoms with Crippen molar-refractivity contribution >= 4 is 17.3 Å². The molecule has 0 aromatic heterocycles. The van der Waals surface area contributed by atoms with E-state index in [4.69, 9.17) is 22.1 Å². The summed E-state index contributed by atoms with van der Waals surface area (Å²) in [6.07, 6.45) is 0. The molecule has 0 amide bonds. The molecule has 0 spiro atoms. The largest absolute Gasteiger partial charge is 0.450 e. The van der Waals surface area contributed by atoms with Crippen LogP contribution in [0.1, 0.15) is 5.56 Å². The van der Waals surface area contributed by atoms with E-state index in [0.717, 1.165) is 5.56 Å². The zero-order chi connectivity index (χ0) is 13.8. The van der Waals surface area contributed by atoms with Gasteiger partial charge in [-0.1, -0.05) is 29.8 Å². The van der Waals surface area contributed by atoms with Gasteiger partial charge in [0.05, 0.1) is 4.92 Å². The molecule has 0 unspecified atom stereocenters. The lowest BCUT2D eigenvalue weighted by Crippen LogP contribution is -2.00. The fourth-order valence-electron chi connectivity index (χ4n) is 1.61. The second-order valence-electron chi connectivity index (χ2n) is 3.78. The van der Waals surface area contributed by atoms with Gasteiger partial charge >= 0.3 is 5.69 Å². The lowest BCUT2D eigenvalue weighted by Gasteiger charge is -2.10. The van der Waals surface area contributed by atoms with Gasteiger partial charge in [-0.05, 0) is 18.2 Å². The first-order valence-electron chi connectivity index (χ1n) is 5.51. The number of hydrogen-bond acceptors (Lipinski definition) is 4. The van der Waals surface area contributed by atoms with Gasteiger partial charge in [-0.2, -0.15) is 0 Å². The summed E-state index contributed by atoms with van der Waals surface area (Å²) in [6.45, 7) is 0.289. The number of nitrogens with zero attached hydrogens (tertiary/aromatic N) is 1. The lowest BCUT2D eigenvalue weighted by molar-refractivity contribution is -0.385. The van der Waals surface area contributed by atoms with Crippen molar-refractivity contribution in [2.24, 2.45) is 5.73 Å². The summed E-state index contributed by atoms with van der Waals surface area (Å²) >= 11 is 5.74. The summed E-state index contributed by atoms with van der Waals surface area (Å²) < 4.78 is 5.57. The highest BCUT2D eigenvalue weighted by Gasteiger charge is 2.17. The minimum absolute atomic E-state index is 0.135. The zero-order valence-corrected chi connectivity index (χ0v) is 10.6. The Kier molecular flexibility index (Phi) is 3.99. The van der Waals surface area contributed by atoms with E-state index in [1.807, 2.05) is 6.07 Å². The van der Waals surface area contributed by atoms with Crippen molar-refractivity contribution in [1.29, 1.82) is 0 Å². The average molecular weight is 279 g/mol. The second kappa shape index (κ2) is 5.69. The van der Waals surface area contributed by atoms with Crippen LogP contribution in [0.3, 0.4) is 0 Å². The van der Waals surface area contributed by atoms with Crippen LogP contribution in [0.15, 0.2) is 42.5 Å². The highest BCUT2D eigenvalue weighted by Crippen LogP contribution is 2.34. The molecule has 2 rings (SSSR count). The predicted molar refractivity (Wildman–Crippen MR) is 72.5 cm³/mol. The van der Waals surface area contributed by atoms with Crippen LogP contribution in [0.5, 0.6) is 11.5 Å². The second-order valence-corrected chi connectivity index (χ2v) is 4.22. The Bertz CT molecular complexity index is 617. The van der Waals surface area contributed by atoms with Gasteiger partial charge in [0.15, 0.2) is 0 Å². The molecule has 0 aliphatic carbocycles. The van der Waals surface area contributed by atoms with Crippen LogP contribution < -0.4 is 10.5 Å². The van der Waals surface area contributed by atoms with E-state index in [1.54, 1.807) is 18.2 Å². The molecule has 0 atom stereocenters. The number of halogens is 1. The lowest BCUT2D eigenvalue weighted by atomic mass is 10.2. The molecule has 0 fully saturated rings. The summed E-state index contributed by atoms with van der Waals surface area (Å²) in [5, 5.41) is 11.2. The van der Waals surface area contributed by atoms with Crippen molar-refractivity contribution in [3.8, 4) is 11.5 Å². The van der Waals surface area contributed by atoms with Crippen LogP contribution in [-0.4, -0.2) is 4.92 Å². The molecule has 6 heteroatoms. The molecule has 19 heavy (non-hydrogen) atoms. The normalized spacial score (nSPS) is 10.2. The minimum Gasteiger partial charge on any atom is -0.450 e. The number of nitro groups is 1. The fraction of sp³-hybridized carbons (Fsp3) is 0.0769. The van der Waals surface area contributed by atoms with Gasteiger partial charge in [-0.3, -0.25) is 10.1 Å². The van der Waals surface area contributed by atoms with E-state index in [1.165, 1.54) is 18.2 Å². The summed E-state index contributed by atoms with van der Waals surface area (Å²) in [4.78, 5) is 10.4. The molecule has 0 saturated heterocycles. The maximum absolute atomic E-state index is 11.0. The van der Waals surface area contributed by atoms with Gasteiger partial charge in [-0.15, -0.1) is 0 Å². The van der Waals surface area contributed by atoms with Crippen LogP contribution in [0.25, 0.3) is 0 Å². The van der Waals surface area contributed by atoms with Gasteiger partial charge in [0, 0.05) is 23.2 Å². The number of ether oxygens (including phenoxy) is 1. The molecular formula is C13H11ClN2O3. The smallest absolute Gasteiger partial charge is 0.313 e. The third-order valence-corrected chi connectivity index (χ3v) is 2.77. The molecule has 2 aromatic rings. The van der Waals surface area contributed by atoms with Crippen molar-refractivity contribution in [3.63, 3.8) is 0 Å². The van der Waals surface area contributed by atoms with Crippen LogP contribution in [0.2, 0.25) is 5.02 Å². The Morgan fingerprint density at radius 3 is 2.63 bits per heavy atom. The van der Waals surface area contributed by atoms with E-state index in [2.05, 4.69) is 0 Å². The van der Waals surface area contributed by atoms with E-state index < -0.39 is 4.92 Å². The Balaban J connectivity index is 2.41. The Morgan fingerprint density at radius 1 is 1.21 bits per heavy atom. The number of nitro benzene ring substituents is 1. The van der Waals surface area contributed by atoms with Crippen LogP contribution in [-0.2, 0) is 6.54 Å². The minimum atomic E-state index is -0.535. The van der Waals surface area contributed by atoms with Crippen molar-refractivity contribution in [3.05, 3.63) is 63.2 Å². The van der Waals surface area contributed by atoms with Crippen molar-refractivity contribution in [2.45, 2.75) is 6.54 Å². The number of rotatable bonds is 4. The van der Waals surface area contributed by atoms with Gasteiger partial charge in [0.25, 0.3) is 0 Å². The Morgan fingerprint density at radius 2 is 1.95 bits per heavy atom. The summed E-state index contributed by atoms with van der Waals surface area (Å²) in [7, 11) is 0. The SMILES string of the molecule is NCc1ccccc1Oc1ccc(Cl)cc1[N+](=O)[O-]. The highest BCUT2D eigenvalue weighted by atomic mass is 35.5. The van der Waals surface area contributed by atoms with Crippen LogP contribution >= 0.6 is 11.6 Å². The molecule has 0 radical (unpaired) electrons. The summed E-state index contributed by atoms with van der Waals surface area (Å²) in [5.74, 6) is 0.630. The first-order chi connectivity index (χ1) is 9.11. The standard InChI is InChI=1S/C13H11ClN2O3/c14-10-5-6-13(11(7-10)16(17)18)19-12-4-2-1-3-9(12)8-15/h1-7H,8,15H2. The molecule has 2 aromatic carbocycles. The van der Waals surface area contributed by atoms with E-state index in [-0.39, 0.29) is 23.0 Å². The quantitative estimate of drug-likeness (QED) is 0.686. The fourth-order valence-corrected chi connectivity index (χ4v) is 1.78. The first kappa shape index (κ1) is 13.3. The molecular weight excluding hydrogens is 268 g/mol. The van der Waals surface area contributed by atoms with Crippen LogP contribution in [0, 0.1) is 10.1 Å². The zero-order valence-electron chi connectivity index (χ0n) is 9.88. The van der Waals surface area contributed by atoms with Crippen molar-refractivity contribution in [2.75, 3.05) is 0 Å². The molecule has 5 nitrogen and oxygen atoms in total. The first-order valence-corrected chi connectivity index (χ1v) is 5.89. The Labute approximate surface area is 114 Å². The van der Waals surface area contributed by atoms with E-state index in [0.29, 0.717) is 5.75 Å². The van der Waals surface area contributed by atoms with E-state index >= 15 is 0 Å². The Hall–Kier alpha value is -2.11. The molecule has 2 N–H and O–H groups in total. The predicted octanol–water partition coefficient (Wildman–Crippen LogP) is 3.50. The molecule has 0 aliphatic rings. The highest BCUT2D eigenvalue weighted by molar-refractivity contribution is 6.30. The number of nitrogens with two attached hydrogens (primary N) is 1. The van der Waals surface area contributed by atoms with Crippen molar-refractivity contribution < 1.29 is 9.66 Å². The topological polar surface area (TPSA) is 78.4 Å². The molecule has 0 saturated carbocycles. The maximum Gasteiger partial charge on any atom is 0.313 e. The third kappa shape index (κ3) is 3.01. The van der Waals surface area contributed by atoms with Crippen molar-refractivity contribution in [1.82, 2.24) is 0 Å². The van der Waals surface area contributed by atoms with Gasteiger partial charge < -0.3 is 10.5 Å². The molecule has 0 aliphatic heterocycles. The maximum atomic E-state index is 11.0. The number of benzene rings is 2. The summed E-state index contributed by atoms with van der Waals surface area (Å²) in [6, 6.07) is 11.4. The number of para-hydroxylation sites is 1. The monoisotopic (exact) mass is 278 g/mol. The third-order valence-electron chi connectivity index (χ3n) is 2.53. The molecule has 0 heterocycles. The van der Waals surface area contributed by atoms with Gasteiger partial charge in [0.1, 0.15) is 5.75 Å². The van der Waals surface area contributed by atoms with Gasteiger partial charge in [-0.25, -0.2) is 0 Å². The molecule has 0 bridgehead atoms. The summed E-state index contributed by atoms with van der Waals surface area (Å²) in [5.41, 5.74) is 6.18. The van der Waals surface area contributed by atoms with Gasteiger partial charge in [0.2, 0.25) is 5.75 Å². The average Bonchev–Trinajstić information content (AvgIpc) is 2.41. The molecule has 98 valence electrons.